The van der Waals surface area contributed by atoms with Crippen LogP contribution in [0.2, 0.25) is 0 Å². The summed E-state index contributed by atoms with van der Waals surface area (Å²) in [4.78, 5) is 34.3. The Bertz CT molecular complexity index is 464. The molecular formula is C13H19NO7. The third-order valence-corrected chi connectivity index (χ3v) is 2.50. The van der Waals surface area contributed by atoms with Gasteiger partial charge in [0.1, 0.15) is 17.7 Å². The number of hydrogen-bond acceptors (Lipinski definition) is 7. The molecule has 2 unspecified atom stereocenters. The van der Waals surface area contributed by atoms with Crippen molar-refractivity contribution in [1.82, 2.24) is 5.32 Å². The molecule has 0 radical (unpaired) electrons. The molecule has 118 valence electrons. The summed E-state index contributed by atoms with van der Waals surface area (Å²) >= 11 is 0. The Morgan fingerprint density at radius 2 is 1.95 bits per heavy atom. The van der Waals surface area contributed by atoms with E-state index in [2.05, 4.69) is 10.1 Å². The van der Waals surface area contributed by atoms with Crippen molar-refractivity contribution in [3.63, 3.8) is 0 Å². The Kier molecular flexibility index (Phi) is 5.31. The molecule has 0 fully saturated rings. The van der Waals surface area contributed by atoms with Crippen LogP contribution < -0.4 is 5.32 Å². The number of rotatable bonds is 3. The van der Waals surface area contributed by atoms with Crippen LogP contribution in [0.3, 0.4) is 0 Å². The van der Waals surface area contributed by atoms with Crippen molar-refractivity contribution in [2.45, 2.75) is 38.5 Å². The minimum absolute atomic E-state index is 0.0792. The summed E-state index contributed by atoms with van der Waals surface area (Å²) in [6, 6.07) is -1.11. The number of carboxylic acid groups (broad SMARTS) is 1. The van der Waals surface area contributed by atoms with Gasteiger partial charge in [0.25, 0.3) is 0 Å². The number of esters is 1. The SMILES string of the molecule is COC(=O)OC1C=C(C(=O)O)C(C(=O)OC(C)(C)C)NC1. The lowest BCUT2D eigenvalue weighted by molar-refractivity contribution is -0.158. The first-order valence-electron chi connectivity index (χ1n) is 6.30. The van der Waals surface area contributed by atoms with Crippen LogP contribution in [0.25, 0.3) is 0 Å². The van der Waals surface area contributed by atoms with E-state index in [4.69, 9.17) is 9.47 Å². The Morgan fingerprint density at radius 3 is 2.43 bits per heavy atom. The number of methoxy groups -OCH3 is 1. The zero-order valence-electron chi connectivity index (χ0n) is 12.3. The van der Waals surface area contributed by atoms with E-state index in [1.807, 2.05) is 0 Å². The maximum absolute atomic E-state index is 12.0. The molecule has 1 aliphatic heterocycles. The molecule has 0 bridgehead atoms. The molecule has 0 spiro atoms. The smallest absolute Gasteiger partial charge is 0.478 e. The van der Waals surface area contributed by atoms with E-state index in [9.17, 15) is 19.5 Å². The fourth-order valence-corrected chi connectivity index (χ4v) is 1.71. The summed E-state index contributed by atoms with van der Waals surface area (Å²) in [6.45, 7) is 5.12. The molecule has 0 aromatic heterocycles. The van der Waals surface area contributed by atoms with Gasteiger partial charge in [-0.05, 0) is 26.8 Å². The molecule has 0 aliphatic carbocycles. The molecule has 0 aromatic carbocycles. The third kappa shape index (κ3) is 5.07. The highest BCUT2D eigenvalue weighted by atomic mass is 16.7. The second-order valence-electron chi connectivity index (χ2n) is 5.41. The maximum atomic E-state index is 12.0. The first kappa shape index (κ1) is 17.0. The molecule has 1 aliphatic rings. The first-order chi connectivity index (χ1) is 9.64. The molecule has 0 aromatic rings. The lowest BCUT2D eigenvalue weighted by Gasteiger charge is -2.29. The van der Waals surface area contributed by atoms with Crippen LogP contribution in [0.4, 0.5) is 4.79 Å². The van der Waals surface area contributed by atoms with E-state index in [1.165, 1.54) is 6.08 Å². The lowest BCUT2D eigenvalue weighted by Crippen LogP contribution is -2.50. The summed E-state index contributed by atoms with van der Waals surface area (Å²) in [7, 11) is 1.14. The Balaban J connectivity index is 2.88. The van der Waals surface area contributed by atoms with Gasteiger partial charge in [0.15, 0.2) is 0 Å². The van der Waals surface area contributed by atoms with Gasteiger partial charge in [0.05, 0.1) is 12.7 Å². The van der Waals surface area contributed by atoms with Crippen LogP contribution in [-0.2, 0) is 23.8 Å². The van der Waals surface area contributed by atoms with Crippen LogP contribution in [0.5, 0.6) is 0 Å². The predicted molar refractivity (Wildman–Crippen MR) is 70.6 cm³/mol. The number of carboxylic acids is 1. The predicted octanol–water partition coefficient (Wildman–Crippen LogP) is 0.462. The van der Waals surface area contributed by atoms with Crippen LogP contribution in [-0.4, -0.2) is 54.6 Å². The van der Waals surface area contributed by atoms with Crippen molar-refractivity contribution >= 4 is 18.1 Å². The molecule has 8 nitrogen and oxygen atoms in total. The molecule has 2 N–H and O–H groups in total. The minimum Gasteiger partial charge on any atom is -0.478 e. The standard InChI is InChI=1S/C13H19NO7/c1-13(2,3)21-11(17)9-8(10(15)16)5-7(6-14-9)20-12(18)19-4/h5,7,9,14H,6H2,1-4H3,(H,15,16). The van der Waals surface area contributed by atoms with Crippen molar-refractivity contribution in [1.29, 1.82) is 0 Å². The molecule has 1 heterocycles. The quantitative estimate of drug-likeness (QED) is 0.723. The van der Waals surface area contributed by atoms with Crippen LogP contribution >= 0.6 is 0 Å². The zero-order chi connectivity index (χ0) is 16.2. The van der Waals surface area contributed by atoms with Crippen LogP contribution in [0, 0.1) is 0 Å². The van der Waals surface area contributed by atoms with Gasteiger partial charge in [-0.3, -0.25) is 5.32 Å². The number of carbonyl (C=O) groups excluding carboxylic acids is 2. The highest BCUT2D eigenvalue weighted by Gasteiger charge is 2.36. The van der Waals surface area contributed by atoms with E-state index >= 15 is 0 Å². The van der Waals surface area contributed by atoms with E-state index in [0.717, 1.165) is 7.11 Å². The van der Waals surface area contributed by atoms with E-state index in [0.29, 0.717) is 0 Å². The van der Waals surface area contributed by atoms with E-state index < -0.39 is 35.8 Å². The molecule has 0 saturated carbocycles. The molecule has 1 rings (SSSR count). The number of hydrogen-bond donors (Lipinski definition) is 2. The number of carbonyl (C=O) groups is 3. The molecule has 0 saturated heterocycles. The van der Waals surface area contributed by atoms with Gasteiger partial charge in [0, 0.05) is 6.54 Å². The molecule has 0 amide bonds. The van der Waals surface area contributed by atoms with Gasteiger partial charge < -0.3 is 19.3 Å². The number of ether oxygens (including phenoxy) is 3. The topological polar surface area (TPSA) is 111 Å². The van der Waals surface area contributed by atoms with Gasteiger partial charge >= 0.3 is 18.1 Å². The van der Waals surface area contributed by atoms with E-state index in [1.54, 1.807) is 20.8 Å². The Hall–Kier alpha value is -2.09. The van der Waals surface area contributed by atoms with Crippen molar-refractivity contribution < 1.29 is 33.7 Å². The van der Waals surface area contributed by atoms with Crippen molar-refractivity contribution in [2.24, 2.45) is 0 Å². The molecule has 2 atom stereocenters. The highest BCUT2D eigenvalue weighted by molar-refractivity contribution is 5.97. The zero-order valence-corrected chi connectivity index (χ0v) is 12.3. The average Bonchev–Trinajstić information content (AvgIpc) is 2.36. The average molecular weight is 301 g/mol. The van der Waals surface area contributed by atoms with Gasteiger partial charge in [0.2, 0.25) is 0 Å². The highest BCUT2D eigenvalue weighted by Crippen LogP contribution is 2.17. The summed E-state index contributed by atoms with van der Waals surface area (Å²) in [6.07, 6.45) is -0.564. The van der Waals surface area contributed by atoms with Gasteiger partial charge in [-0.1, -0.05) is 0 Å². The summed E-state index contributed by atoms with van der Waals surface area (Å²) < 4.78 is 14.3. The van der Waals surface area contributed by atoms with Crippen molar-refractivity contribution in [3.05, 3.63) is 11.6 Å². The van der Waals surface area contributed by atoms with Crippen molar-refractivity contribution in [3.8, 4) is 0 Å². The molecular weight excluding hydrogens is 282 g/mol. The largest absolute Gasteiger partial charge is 0.508 e. The lowest BCUT2D eigenvalue weighted by atomic mass is 10.0. The monoisotopic (exact) mass is 301 g/mol. The second kappa shape index (κ2) is 6.57. The Labute approximate surface area is 122 Å². The van der Waals surface area contributed by atoms with Gasteiger partial charge in [-0.2, -0.15) is 0 Å². The summed E-state index contributed by atoms with van der Waals surface area (Å²) in [5, 5.41) is 11.9. The number of nitrogens with one attached hydrogen (secondary N) is 1. The maximum Gasteiger partial charge on any atom is 0.508 e. The molecule has 8 heteroatoms. The fourth-order valence-electron chi connectivity index (χ4n) is 1.71. The first-order valence-corrected chi connectivity index (χ1v) is 6.30. The summed E-state index contributed by atoms with van der Waals surface area (Å²) in [5.74, 6) is -2.00. The van der Waals surface area contributed by atoms with Gasteiger partial charge in [-0.15, -0.1) is 0 Å². The van der Waals surface area contributed by atoms with Crippen LogP contribution in [0.1, 0.15) is 20.8 Å². The van der Waals surface area contributed by atoms with Gasteiger partial charge in [-0.25, -0.2) is 14.4 Å². The number of aliphatic carboxylic acids is 1. The van der Waals surface area contributed by atoms with Crippen LogP contribution in [0.15, 0.2) is 11.6 Å². The summed E-state index contributed by atoms with van der Waals surface area (Å²) in [5.41, 5.74) is -0.966. The normalized spacial score (nSPS) is 22.0. The fraction of sp³-hybridized carbons (Fsp3) is 0.615. The van der Waals surface area contributed by atoms with E-state index in [-0.39, 0.29) is 12.1 Å². The third-order valence-electron chi connectivity index (χ3n) is 2.50. The second-order valence-corrected chi connectivity index (χ2v) is 5.41. The minimum atomic E-state index is -1.29. The Morgan fingerprint density at radius 1 is 1.33 bits per heavy atom. The van der Waals surface area contributed by atoms with Crippen molar-refractivity contribution in [2.75, 3.05) is 13.7 Å². The molecule has 21 heavy (non-hydrogen) atoms.